The van der Waals surface area contributed by atoms with Gasteiger partial charge in [-0.15, -0.1) is 0 Å². The molecule has 0 atom stereocenters. The van der Waals surface area contributed by atoms with E-state index in [1.54, 1.807) is 30.3 Å². The Labute approximate surface area is 191 Å². The van der Waals surface area contributed by atoms with Gasteiger partial charge in [-0.1, -0.05) is 46.4 Å². The van der Waals surface area contributed by atoms with Crippen LogP contribution in [-0.4, -0.2) is 22.5 Å². The Balaban J connectivity index is 1.59. The summed E-state index contributed by atoms with van der Waals surface area (Å²) in [5, 5.41) is 4.55. The largest absolute Gasteiger partial charge is 0.482 e. The Kier molecular flexibility index (Phi) is 7.28. The molecule has 0 aliphatic rings. The van der Waals surface area contributed by atoms with Crippen LogP contribution in [0.15, 0.2) is 42.7 Å². The van der Waals surface area contributed by atoms with Crippen LogP contribution in [0, 0.1) is 0 Å². The second-order valence-corrected chi connectivity index (χ2v) is 7.43. The fraction of sp³-hybridized carbons (Fsp3) is 0.0556. The van der Waals surface area contributed by atoms with E-state index in [4.69, 9.17) is 56.9 Å². The summed E-state index contributed by atoms with van der Waals surface area (Å²) in [5.41, 5.74) is 11.9. The number of carbonyl (C=O) groups excluding carboxylic acids is 1. The number of amides is 1. The molecule has 12 heteroatoms. The number of carbonyl (C=O) groups is 1. The van der Waals surface area contributed by atoms with E-state index < -0.39 is 5.91 Å². The van der Waals surface area contributed by atoms with E-state index in [1.807, 2.05) is 0 Å². The quantitative estimate of drug-likeness (QED) is 0.349. The third-order valence-corrected chi connectivity index (χ3v) is 4.91. The lowest BCUT2D eigenvalue weighted by atomic mass is 10.3. The Morgan fingerprint density at radius 2 is 1.73 bits per heavy atom. The van der Waals surface area contributed by atoms with E-state index in [-0.39, 0.29) is 18.1 Å². The number of anilines is 4. The van der Waals surface area contributed by atoms with Gasteiger partial charge in [0, 0.05) is 10.7 Å². The fourth-order valence-corrected chi connectivity index (χ4v) is 2.97. The van der Waals surface area contributed by atoms with Crippen LogP contribution in [0.3, 0.4) is 0 Å². The molecular weight excluding hydrogens is 474 g/mol. The van der Waals surface area contributed by atoms with Crippen molar-refractivity contribution in [3.63, 3.8) is 0 Å². The van der Waals surface area contributed by atoms with E-state index in [0.717, 1.165) is 0 Å². The van der Waals surface area contributed by atoms with Gasteiger partial charge in [-0.3, -0.25) is 15.6 Å². The van der Waals surface area contributed by atoms with Gasteiger partial charge in [-0.05, 0) is 36.4 Å². The minimum atomic E-state index is -0.488. The summed E-state index contributed by atoms with van der Waals surface area (Å²) in [7, 11) is 0. The number of benzene rings is 2. The Morgan fingerprint density at radius 1 is 0.967 bits per heavy atom. The second kappa shape index (κ2) is 9.90. The normalized spacial score (nSPS) is 10.4. The molecule has 3 rings (SSSR count). The first kappa shape index (κ1) is 22.0. The predicted octanol–water partition coefficient (Wildman–Crippen LogP) is 4.94. The SMILES string of the molecule is Nc1c(NNC(=O)COc2ccc(Cl)cc2Cl)ncnc1Nc1ccc(Cl)c(Cl)c1. The van der Waals surface area contributed by atoms with Crippen LogP contribution >= 0.6 is 46.4 Å². The van der Waals surface area contributed by atoms with Crippen molar-refractivity contribution in [3.05, 3.63) is 62.8 Å². The zero-order chi connectivity index (χ0) is 21.7. The highest BCUT2D eigenvalue weighted by Gasteiger charge is 2.11. The van der Waals surface area contributed by atoms with Crippen LogP contribution in [0.5, 0.6) is 5.75 Å². The number of hydrogen-bond acceptors (Lipinski definition) is 7. The molecule has 1 aromatic heterocycles. The Morgan fingerprint density at radius 3 is 2.47 bits per heavy atom. The molecule has 5 N–H and O–H groups in total. The maximum Gasteiger partial charge on any atom is 0.276 e. The lowest BCUT2D eigenvalue weighted by Crippen LogP contribution is -2.34. The summed E-state index contributed by atoms with van der Waals surface area (Å²) in [4.78, 5) is 20.1. The number of nitrogens with zero attached hydrogens (tertiary/aromatic N) is 2. The number of hydrazine groups is 1. The molecule has 0 unspecified atom stereocenters. The number of ether oxygens (including phenoxy) is 1. The lowest BCUT2D eigenvalue weighted by molar-refractivity contribution is -0.122. The van der Waals surface area contributed by atoms with Crippen molar-refractivity contribution >= 4 is 75.3 Å². The van der Waals surface area contributed by atoms with Crippen LogP contribution in [-0.2, 0) is 4.79 Å². The number of nitrogens with two attached hydrogens (primary N) is 1. The zero-order valence-corrected chi connectivity index (χ0v) is 18.1. The second-order valence-electron chi connectivity index (χ2n) is 5.78. The smallest absolute Gasteiger partial charge is 0.276 e. The Bertz CT molecular complexity index is 1080. The zero-order valence-electron chi connectivity index (χ0n) is 15.0. The molecule has 3 aromatic rings. The van der Waals surface area contributed by atoms with Gasteiger partial charge >= 0.3 is 0 Å². The summed E-state index contributed by atoms with van der Waals surface area (Å²) in [6, 6.07) is 9.65. The lowest BCUT2D eigenvalue weighted by Gasteiger charge is -2.14. The van der Waals surface area contributed by atoms with Crippen LogP contribution in [0.25, 0.3) is 0 Å². The number of aromatic nitrogens is 2. The average molecular weight is 488 g/mol. The molecule has 2 aromatic carbocycles. The van der Waals surface area contributed by atoms with Crippen LogP contribution in [0.4, 0.5) is 23.0 Å². The van der Waals surface area contributed by atoms with Crippen molar-refractivity contribution in [3.8, 4) is 5.75 Å². The van der Waals surface area contributed by atoms with E-state index in [1.165, 1.54) is 12.4 Å². The number of nitrogen functional groups attached to an aromatic ring is 1. The van der Waals surface area contributed by atoms with Crippen LogP contribution in [0.2, 0.25) is 20.1 Å². The molecule has 0 bridgehead atoms. The summed E-state index contributed by atoms with van der Waals surface area (Å²) >= 11 is 23.7. The maximum absolute atomic E-state index is 12.0. The van der Waals surface area contributed by atoms with Gasteiger partial charge in [0.2, 0.25) is 0 Å². The molecule has 0 radical (unpaired) electrons. The summed E-state index contributed by atoms with van der Waals surface area (Å²) in [6.45, 7) is -0.298. The number of rotatable bonds is 7. The highest BCUT2D eigenvalue weighted by molar-refractivity contribution is 6.42. The highest BCUT2D eigenvalue weighted by atomic mass is 35.5. The number of hydrogen-bond donors (Lipinski definition) is 4. The topological polar surface area (TPSA) is 114 Å². The molecule has 1 heterocycles. The molecular formula is C18H14Cl4N6O2. The third kappa shape index (κ3) is 5.70. The van der Waals surface area contributed by atoms with Gasteiger partial charge < -0.3 is 15.8 Å². The monoisotopic (exact) mass is 486 g/mol. The van der Waals surface area contributed by atoms with Crippen molar-refractivity contribution in [2.45, 2.75) is 0 Å². The summed E-state index contributed by atoms with van der Waals surface area (Å²) in [5.74, 6) is 0.332. The fourth-order valence-electron chi connectivity index (χ4n) is 2.21. The van der Waals surface area contributed by atoms with E-state index in [0.29, 0.717) is 37.3 Å². The molecule has 0 aliphatic carbocycles. The van der Waals surface area contributed by atoms with Gasteiger partial charge in [0.05, 0.1) is 15.1 Å². The van der Waals surface area contributed by atoms with E-state index in [9.17, 15) is 4.79 Å². The average Bonchev–Trinajstić information content (AvgIpc) is 2.70. The molecule has 0 saturated heterocycles. The molecule has 0 saturated carbocycles. The van der Waals surface area contributed by atoms with Crippen molar-refractivity contribution in [1.82, 2.24) is 15.4 Å². The third-order valence-electron chi connectivity index (χ3n) is 3.64. The van der Waals surface area contributed by atoms with Crippen molar-refractivity contribution in [2.75, 3.05) is 23.1 Å². The van der Waals surface area contributed by atoms with Gasteiger partial charge in [-0.2, -0.15) is 0 Å². The first-order valence-electron chi connectivity index (χ1n) is 8.28. The first-order valence-corrected chi connectivity index (χ1v) is 9.80. The van der Waals surface area contributed by atoms with Crippen LogP contribution in [0.1, 0.15) is 0 Å². The van der Waals surface area contributed by atoms with Crippen molar-refractivity contribution in [1.29, 1.82) is 0 Å². The van der Waals surface area contributed by atoms with Crippen molar-refractivity contribution < 1.29 is 9.53 Å². The summed E-state index contributed by atoms with van der Waals surface area (Å²) < 4.78 is 5.35. The summed E-state index contributed by atoms with van der Waals surface area (Å²) in [6.07, 6.45) is 1.27. The van der Waals surface area contributed by atoms with Crippen LogP contribution < -0.4 is 26.6 Å². The van der Waals surface area contributed by atoms with E-state index in [2.05, 4.69) is 26.1 Å². The number of nitrogens with one attached hydrogen (secondary N) is 3. The predicted molar refractivity (Wildman–Crippen MR) is 120 cm³/mol. The van der Waals surface area contributed by atoms with E-state index >= 15 is 0 Å². The standard InChI is InChI=1S/C18H14Cl4N6O2/c19-9-1-4-14(13(22)5-9)30-7-15(29)27-28-18-16(23)17(24-8-25-18)26-10-2-3-11(20)12(21)6-10/h1-6,8H,7,23H2,(H,27,29)(H2,24,25,26,28). The van der Waals surface area contributed by atoms with Gasteiger partial charge in [0.1, 0.15) is 17.8 Å². The molecule has 8 nitrogen and oxygen atoms in total. The molecule has 156 valence electrons. The highest BCUT2D eigenvalue weighted by Crippen LogP contribution is 2.30. The first-order chi connectivity index (χ1) is 14.3. The van der Waals surface area contributed by atoms with Gasteiger partial charge in [0.25, 0.3) is 5.91 Å². The van der Waals surface area contributed by atoms with Gasteiger partial charge in [-0.25, -0.2) is 9.97 Å². The molecule has 1 amide bonds. The minimum Gasteiger partial charge on any atom is -0.482 e. The van der Waals surface area contributed by atoms with Crippen molar-refractivity contribution in [2.24, 2.45) is 0 Å². The molecule has 0 fully saturated rings. The minimum absolute atomic E-state index is 0.172. The number of halogens is 4. The van der Waals surface area contributed by atoms with Gasteiger partial charge in [0.15, 0.2) is 18.2 Å². The Hall–Kier alpha value is -2.65. The maximum atomic E-state index is 12.0. The molecule has 0 spiro atoms. The molecule has 30 heavy (non-hydrogen) atoms. The molecule has 0 aliphatic heterocycles.